The Hall–Kier alpha value is -1.55. The molecule has 0 aliphatic heterocycles. The van der Waals surface area contributed by atoms with Gasteiger partial charge in [-0.2, -0.15) is 0 Å². The lowest BCUT2D eigenvalue weighted by atomic mass is 10.2. The molecule has 1 aromatic rings. The van der Waals surface area contributed by atoms with Gasteiger partial charge in [-0.15, -0.1) is 0 Å². The van der Waals surface area contributed by atoms with Crippen molar-refractivity contribution in [1.29, 1.82) is 0 Å². The first kappa shape index (κ1) is 12.9. The van der Waals surface area contributed by atoms with Crippen LogP contribution in [0.15, 0.2) is 24.3 Å². The van der Waals surface area contributed by atoms with E-state index < -0.39 is 0 Å². The quantitative estimate of drug-likeness (QED) is 0.772. The van der Waals surface area contributed by atoms with E-state index in [9.17, 15) is 4.79 Å². The Balaban J connectivity index is 2.01. The van der Waals surface area contributed by atoms with Crippen molar-refractivity contribution in [3.05, 3.63) is 29.8 Å². The summed E-state index contributed by atoms with van der Waals surface area (Å²) < 4.78 is 10.0. The van der Waals surface area contributed by atoms with E-state index in [-0.39, 0.29) is 12.5 Å². The lowest BCUT2D eigenvalue weighted by Gasteiger charge is -2.22. The van der Waals surface area contributed by atoms with Crippen molar-refractivity contribution in [3.8, 4) is 5.75 Å². The molecule has 4 nitrogen and oxygen atoms in total. The number of hydrogen-bond acceptors (Lipinski definition) is 3. The summed E-state index contributed by atoms with van der Waals surface area (Å²) in [5, 5.41) is 0. The molecule has 0 spiro atoms. The van der Waals surface area contributed by atoms with Gasteiger partial charge in [0.2, 0.25) is 5.91 Å². The molecule has 4 heteroatoms. The van der Waals surface area contributed by atoms with Crippen LogP contribution >= 0.6 is 0 Å². The van der Waals surface area contributed by atoms with Gasteiger partial charge < -0.3 is 14.4 Å². The molecule has 0 unspecified atom stereocenters. The number of benzene rings is 1. The second kappa shape index (κ2) is 5.87. The maximum absolute atomic E-state index is 11.9. The van der Waals surface area contributed by atoms with Crippen LogP contribution in [0.5, 0.6) is 5.75 Å². The molecule has 0 atom stereocenters. The summed E-state index contributed by atoms with van der Waals surface area (Å²) in [4.78, 5) is 13.8. The van der Waals surface area contributed by atoms with E-state index in [1.54, 1.807) is 14.2 Å². The third-order valence-corrected chi connectivity index (χ3v) is 3.09. The minimum absolute atomic E-state index is 0.0656. The molecule has 18 heavy (non-hydrogen) atoms. The highest BCUT2D eigenvalue weighted by Crippen LogP contribution is 2.28. The summed E-state index contributed by atoms with van der Waals surface area (Å²) in [6.07, 6.45) is 2.21. The van der Waals surface area contributed by atoms with Gasteiger partial charge in [0.05, 0.1) is 7.11 Å². The highest BCUT2D eigenvalue weighted by Gasteiger charge is 2.32. The van der Waals surface area contributed by atoms with Crippen LogP contribution in [-0.4, -0.2) is 37.7 Å². The Bertz CT molecular complexity index is 398. The summed E-state index contributed by atoms with van der Waals surface area (Å²) in [6, 6.07) is 8.22. The van der Waals surface area contributed by atoms with Gasteiger partial charge >= 0.3 is 0 Å². The monoisotopic (exact) mass is 249 g/mol. The van der Waals surface area contributed by atoms with Crippen LogP contribution in [0.25, 0.3) is 0 Å². The number of amides is 1. The Kier molecular flexibility index (Phi) is 4.20. The Morgan fingerprint density at radius 1 is 1.28 bits per heavy atom. The van der Waals surface area contributed by atoms with Crippen LogP contribution in [0.3, 0.4) is 0 Å². The predicted octanol–water partition coefficient (Wildman–Crippen LogP) is 1.83. The second-order valence-electron chi connectivity index (χ2n) is 4.53. The highest BCUT2D eigenvalue weighted by molar-refractivity contribution is 5.78. The van der Waals surface area contributed by atoms with Gasteiger partial charge in [0.25, 0.3) is 0 Å². The van der Waals surface area contributed by atoms with E-state index in [0.29, 0.717) is 12.6 Å². The van der Waals surface area contributed by atoms with E-state index in [1.807, 2.05) is 29.2 Å². The zero-order valence-corrected chi connectivity index (χ0v) is 10.9. The molecule has 2 rings (SSSR count). The van der Waals surface area contributed by atoms with Gasteiger partial charge in [-0.1, -0.05) is 12.1 Å². The first-order valence-electron chi connectivity index (χ1n) is 6.16. The summed E-state index contributed by atoms with van der Waals surface area (Å²) in [7, 11) is 3.20. The van der Waals surface area contributed by atoms with Crippen LogP contribution in [0.2, 0.25) is 0 Å². The van der Waals surface area contributed by atoms with Crippen LogP contribution in [0, 0.1) is 0 Å². The Morgan fingerprint density at radius 2 is 1.94 bits per heavy atom. The third-order valence-electron chi connectivity index (χ3n) is 3.09. The molecule has 0 bridgehead atoms. The van der Waals surface area contributed by atoms with Crippen molar-refractivity contribution in [3.63, 3.8) is 0 Å². The predicted molar refractivity (Wildman–Crippen MR) is 68.4 cm³/mol. The standard InChI is InChI=1S/C14H19NO3/c1-17-10-14(16)15(12-5-6-12)9-11-3-7-13(18-2)8-4-11/h3-4,7-8,12H,5-6,9-10H2,1-2H3. The molecule has 0 heterocycles. The number of methoxy groups -OCH3 is 2. The molecule has 0 saturated heterocycles. The fourth-order valence-electron chi connectivity index (χ4n) is 1.94. The van der Waals surface area contributed by atoms with Crippen molar-refractivity contribution in [2.45, 2.75) is 25.4 Å². The number of ether oxygens (including phenoxy) is 2. The van der Waals surface area contributed by atoms with E-state index in [2.05, 4.69) is 0 Å². The van der Waals surface area contributed by atoms with E-state index in [4.69, 9.17) is 9.47 Å². The van der Waals surface area contributed by atoms with E-state index >= 15 is 0 Å². The fourth-order valence-corrected chi connectivity index (χ4v) is 1.94. The summed E-state index contributed by atoms with van der Waals surface area (Å²) in [6.45, 7) is 0.809. The molecule has 1 fully saturated rings. The lowest BCUT2D eigenvalue weighted by Crippen LogP contribution is -2.35. The average Bonchev–Trinajstić information content (AvgIpc) is 3.21. The van der Waals surface area contributed by atoms with Gasteiger partial charge in [-0.05, 0) is 30.5 Å². The minimum atomic E-state index is 0.0656. The molecule has 0 N–H and O–H groups in total. The van der Waals surface area contributed by atoms with Gasteiger partial charge in [0.15, 0.2) is 0 Å². The lowest BCUT2D eigenvalue weighted by molar-refractivity contribution is -0.136. The number of hydrogen-bond donors (Lipinski definition) is 0. The number of nitrogens with zero attached hydrogens (tertiary/aromatic N) is 1. The summed E-state index contributed by atoms with van der Waals surface area (Å²) in [5.41, 5.74) is 1.12. The molecule has 1 aliphatic rings. The van der Waals surface area contributed by atoms with E-state index in [0.717, 1.165) is 24.2 Å². The van der Waals surface area contributed by atoms with Crippen LogP contribution in [0.1, 0.15) is 18.4 Å². The van der Waals surface area contributed by atoms with Crippen molar-refractivity contribution in [2.24, 2.45) is 0 Å². The van der Waals surface area contributed by atoms with Gasteiger partial charge in [0, 0.05) is 19.7 Å². The SMILES string of the molecule is COCC(=O)N(Cc1ccc(OC)cc1)C1CC1. The van der Waals surface area contributed by atoms with Crippen LogP contribution in [0.4, 0.5) is 0 Å². The number of rotatable bonds is 6. The molecular formula is C14H19NO3. The van der Waals surface area contributed by atoms with E-state index in [1.165, 1.54) is 0 Å². The largest absolute Gasteiger partial charge is 0.497 e. The fraction of sp³-hybridized carbons (Fsp3) is 0.500. The number of carbonyl (C=O) groups is 1. The van der Waals surface area contributed by atoms with Crippen LogP contribution < -0.4 is 4.74 Å². The van der Waals surface area contributed by atoms with Gasteiger partial charge in [-0.25, -0.2) is 0 Å². The molecule has 1 aromatic carbocycles. The molecular weight excluding hydrogens is 230 g/mol. The normalized spacial score (nSPS) is 14.3. The topological polar surface area (TPSA) is 38.8 Å². The maximum Gasteiger partial charge on any atom is 0.249 e. The van der Waals surface area contributed by atoms with Crippen molar-refractivity contribution in [2.75, 3.05) is 20.8 Å². The highest BCUT2D eigenvalue weighted by atomic mass is 16.5. The average molecular weight is 249 g/mol. The molecule has 98 valence electrons. The van der Waals surface area contributed by atoms with Gasteiger partial charge in [-0.3, -0.25) is 4.79 Å². The van der Waals surface area contributed by atoms with Crippen molar-refractivity contribution >= 4 is 5.91 Å². The molecule has 0 radical (unpaired) electrons. The van der Waals surface area contributed by atoms with Gasteiger partial charge in [0.1, 0.15) is 12.4 Å². The third kappa shape index (κ3) is 3.23. The first-order valence-corrected chi connectivity index (χ1v) is 6.16. The molecule has 0 aromatic heterocycles. The zero-order valence-electron chi connectivity index (χ0n) is 10.9. The number of carbonyl (C=O) groups excluding carboxylic acids is 1. The summed E-state index contributed by atoms with van der Waals surface area (Å²) >= 11 is 0. The Labute approximate surface area is 107 Å². The second-order valence-corrected chi connectivity index (χ2v) is 4.53. The van der Waals surface area contributed by atoms with Crippen molar-refractivity contribution in [1.82, 2.24) is 4.90 Å². The molecule has 1 amide bonds. The zero-order chi connectivity index (χ0) is 13.0. The summed E-state index contributed by atoms with van der Waals surface area (Å²) in [5.74, 6) is 0.899. The molecule has 1 aliphatic carbocycles. The maximum atomic E-state index is 11.9. The molecule has 1 saturated carbocycles. The first-order chi connectivity index (χ1) is 8.74. The van der Waals surface area contributed by atoms with Crippen molar-refractivity contribution < 1.29 is 14.3 Å². The Morgan fingerprint density at radius 3 is 2.44 bits per heavy atom. The smallest absolute Gasteiger partial charge is 0.249 e. The van der Waals surface area contributed by atoms with Crippen LogP contribution in [-0.2, 0) is 16.1 Å². The minimum Gasteiger partial charge on any atom is -0.497 e.